The number of nitrogens with zero attached hydrogens (tertiary/aromatic N) is 1. The van der Waals surface area contributed by atoms with E-state index in [-0.39, 0.29) is 11.6 Å². The molecule has 2 N–H and O–H groups in total. The largest absolute Gasteiger partial charge is 0.390 e. The number of hydrogen-bond acceptors (Lipinski definition) is 3. The van der Waals surface area contributed by atoms with Crippen molar-refractivity contribution < 1.29 is 5.11 Å². The molecule has 1 rings (SSSR count). The summed E-state index contributed by atoms with van der Waals surface area (Å²) >= 11 is 0. The minimum Gasteiger partial charge on any atom is -0.390 e. The van der Waals surface area contributed by atoms with E-state index in [1.807, 2.05) is 6.07 Å². The molecule has 3 heteroatoms. The lowest BCUT2D eigenvalue weighted by Crippen LogP contribution is -2.44. The first-order valence-corrected chi connectivity index (χ1v) is 7.10. The average Bonchev–Trinajstić information content (AvgIpc) is 2.36. The molecule has 0 aromatic heterocycles. The molecule has 0 fully saturated rings. The van der Waals surface area contributed by atoms with Crippen molar-refractivity contribution in [3.05, 3.63) is 35.9 Å². The minimum atomic E-state index is -0.331. The second kappa shape index (κ2) is 7.63. The number of hydrogen-bond donors (Lipinski definition) is 2. The van der Waals surface area contributed by atoms with Crippen LogP contribution in [0.4, 0.5) is 0 Å². The topological polar surface area (TPSA) is 35.5 Å². The van der Waals surface area contributed by atoms with Crippen molar-refractivity contribution in [2.75, 3.05) is 19.6 Å². The second-order valence-corrected chi connectivity index (χ2v) is 6.10. The first kappa shape index (κ1) is 16.2. The maximum absolute atomic E-state index is 10.1. The van der Waals surface area contributed by atoms with Crippen LogP contribution >= 0.6 is 0 Å². The Morgan fingerprint density at radius 3 is 2.37 bits per heavy atom. The van der Waals surface area contributed by atoms with Crippen molar-refractivity contribution in [1.82, 2.24) is 10.2 Å². The molecule has 0 bridgehead atoms. The van der Waals surface area contributed by atoms with Crippen LogP contribution in [0.15, 0.2) is 30.3 Å². The standard InChI is InChI=1S/C16H28N2O/c1-5-18(12-14-9-7-6-8-10-14)13-15(19)11-17-16(2,3)4/h6-10,15,17,19H,5,11-13H2,1-4H3. The predicted molar refractivity (Wildman–Crippen MR) is 81.2 cm³/mol. The van der Waals surface area contributed by atoms with Crippen molar-refractivity contribution in [3.8, 4) is 0 Å². The Labute approximate surface area is 117 Å². The van der Waals surface area contributed by atoms with Gasteiger partial charge in [-0.1, -0.05) is 37.3 Å². The van der Waals surface area contributed by atoms with Gasteiger partial charge in [0.15, 0.2) is 0 Å². The smallest absolute Gasteiger partial charge is 0.0791 e. The van der Waals surface area contributed by atoms with E-state index in [4.69, 9.17) is 0 Å². The van der Waals surface area contributed by atoms with E-state index in [1.165, 1.54) is 5.56 Å². The van der Waals surface area contributed by atoms with Gasteiger partial charge in [0.25, 0.3) is 0 Å². The van der Waals surface area contributed by atoms with E-state index in [0.717, 1.165) is 13.1 Å². The van der Waals surface area contributed by atoms with Gasteiger partial charge >= 0.3 is 0 Å². The van der Waals surface area contributed by atoms with E-state index < -0.39 is 0 Å². The van der Waals surface area contributed by atoms with Gasteiger partial charge < -0.3 is 10.4 Å². The van der Waals surface area contributed by atoms with Crippen molar-refractivity contribution >= 4 is 0 Å². The quantitative estimate of drug-likeness (QED) is 0.793. The third-order valence-electron chi connectivity index (χ3n) is 3.03. The summed E-state index contributed by atoms with van der Waals surface area (Å²) in [5.74, 6) is 0. The number of likely N-dealkylation sites (N-methyl/N-ethyl adjacent to an activating group) is 1. The zero-order chi connectivity index (χ0) is 14.3. The highest BCUT2D eigenvalue weighted by Crippen LogP contribution is 2.05. The van der Waals surface area contributed by atoms with E-state index in [1.54, 1.807) is 0 Å². The van der Waals surface area contributed by atoms with Crippen molar-refractivity contribution in [3.63, 3.8) is 0 Å². The Kier molecular flexibility index (Phi) is 6.49. The SMILES string of the molecule is CCN(Cc1ccccc1)CC(O)CNC(C)(C)C. The molecule has 1 aromatic carbocycles. The number of β-amino-alcohol motifs (C(OH)–C–C–N with tert-alkyl or cyclic N) is 1. The molecule has 19 heavy (non-hydrogen) atoms. The maximum Gasteiger partial charge on any atom is 0.0791 e. The Hall–Kier alpha value is -0.900. The number of benzene rings is 1. The summed E-state index contributed by atoms with van der Waals surface area (Å²) in [4.78, 5) is 2.27. The summed E-state index contributed by atoms with van der Waals surface area (Å²) < 4.78 is 0. The molecule has 0 saturated heterocycles. The number of aliphatic hydroxyl groups is 1. The maximum atomic E-state index is 10.1. The van der Waals surface area contributed by atoms with Gasteiger partial charge in [-0.2, -0.15) is 0 Å². The van der Waals surface area contributed by atoms with E-state index in [0.29, 0.717) is 13.1 Å². The highest BCUT2D eigenvalue weighted by atomic mass is 16.3. The van der Waals surface area contributed by atoms with Crippen LogP contribution in [0.2, 0.25) is 0 Å². The third kappa shape index (κ3) is 7.31. The number of nitrogens with one attached hydrogen (secondary N) is 1. The summed E-state index contributed by atoms with van der Waals surface area (Å²) in [5, 5.41) is 13.4. The molecule has 0 spiro atoms. The Bertz CT molecular complexity index is 346. The van der Waals surface area contributed by atoms with Crippen LogP contribution in [0.1, 0.15) is 33.3 Å². The van der Waals surface area contributed by atoms with E-state index in [9.17, 15) is 5.11 Å². The van der Waals surface area contributed by atoms with E-state index >= 15 is 0 Å². The molecule has 0 aliphatic rings. The monoisotopic (exact) mass is 264 g/mol. The molecule has 0 aliphatic heterocycles. The van der Waals surface area contributed by atoms with Crippen LogP contribution in [0.3, 0.4) is 0 Å². The molecule has 0 saturated carbocycles. The van der Waals surface area contributed by atoms with Gasteiger partial charge in [0.1, 0.15) is 0 Å². The summed E-state index contributed by atoms with van der Waals surface area (Å²) in [6, 6.07) is 10.4. The molecule has 0 amide bonds. The second-order valence-electron chi connectivity index (χ2n) is 6.10. The summed E-state index contributed by atoms with van der Waals surface area (Å²) in [7, 11) is 0. The van der Waals surface area contributed by atoms with Gasteiger partial charge in [0.05, 0.1) is 6.10 Å². The Morgan fingerprint density at radius 2 is 1.84 bits per heavy atom. The van der Waals surface area contributed by atoms with Crippen molar-refractivity contribution in [2.24, 2.45) is 0 Å². The highest BCUT2D eigenvalue weighted by molar-refractivity contribution is 5.14. The van der Waals surface area contributed by atoms with Gasteiger partial charge in [-0.25, -0.2) is 0 Å². The van der Waals surface area contributed by atoms with Gasteiger partial charge in [-0.3, -0.25) is 4.90 Å². The van der Waals surface area contributed by atoms with Crippen molar-refractivity contribution in [2.45, 2.75) is 45.9 Å². The first-order chi connectivity index (χ1) is 8.90. The normalized spacial score (nSPS) is 13.8. The van der Waals surface area contributed by atoms with Crippen LogP contribution in [-0.2, 0) is 6.54 Å². The summed E-state index contributed by atoms with van der Waals surface area (Å²) in [6.07, 6.45) is -0.331. The molecule has 0 aliphatic carbocycles. The lowest BCUT2D eigenvalue weighted by molar-refractivity contribution is 0.104. The zero-order valence-electron chi connectivity index (χ0n) is 12.7. The molecular weight excluding hydrogens is 236 g/mol. The lowest BCUT2D eigenvalue weighted by Gasteiger charge is -2.27. The molecule has 1 unspecified atom stereocenters. The fourth-order valence-corrected chi connectivity index (χ4v) is 1.93. The summed E-state index contributed by atoms with van der Waals surface area (Å²) in [6.45, 7) is 11.6. The zero-order valence-corrected chi connectivity index (χ0v) is 12.7. The number of aliphatic hydroxyl groups excluding tert-OH is 1. The molecular formula is C16H28N2O. The molecule has 108 valence electrons. The predicted octanol–water partition coefficient (Wildman–Crippen LogP) is 2.26. The van der Waals surface area contributed by atoms with Gasteiger partial charge in [0.2, 0.25) is 0 Å². The first-order valence-electron chi connectivity index (χ1n) is 7.10. The van der Waals surface area contributed by atoms with Crippen molar-refractivity contribution in [1.29, 1.82) is 0 Å². The van der Waals surface area contributed by atoms with Crippen LogP contribution in [0.5, 0.6) is 0 Å². The molecule has 1 aromatic rings. The Balaban J connectivity index is 2.39. The number of rotatable bonds is 7. The van der Waals surface area contributed by atoms with Gasteiger partial charge in [-0.15, -0.1) is 0 Å². The molecule has 0 radical (unpaired) electrons. The van der Waals surface area contributed by atoms with Gasteiger partial charge in [0, 0.05) is 25.2 Å². The third-order valence-corrected chi connectivity index (χ3v) is 3.03. The molecule has 3 nitrogen and oxygen atoms in total. The minimum absolute atomic E-state index is 0.0530. The van der Waals surface area contributed by atoms with Crippen LogP contribution in [0, 0.1) is 0 Å². The average molecular weight is 264 g/mol. The molecule has 1 atom stereocenters. The summed E-state index contributed by atoms with van der Waals surface area (Å²) in [5.41, 5.74) is 1.35. The molecule has 0 heterocycles. The fraction of sp³-hybridized carbons (Fsp3) is 0.625. The fourth-order valence-electron chi connectivity index (χ4n) is 1.93. The van der Waals surface area contributed by atoms with Crippen LogP contribution in [-0.4, -0.2) is 41.3 Å². The highest BCUT2D eigenvalue weighted by Gasteiger charge is 2.14. The van der Waals surface area contributed by atoms with Gasteiger partial charge in [-0.05, 0) is 32.9 Å². The van der Waals surface area contributed by atoms with E-state index in [2.05, 4.69) is 62.2 Å². The Morgan fingerprint density at radius 1 is 1.21 bits per heavy atom. The lowest BCUT2D eigenvalue weighted by atomic mass is 10.1. The van der Waals surface area contributed by atoms with Crippen LogP contribution < -0.4 is 5.32 Å². The van der Waals surface area contributed by atoms with Crippen LogP contribution in [0.25, 0.3) is 0 Å².